The minimum atomic E-state index is -0.218. The standard InChI is InChI=1S/C38H74N2O6/c1-4-6-8-10-12-14-16-18-20-22-24-26-37(43)45-34-31-40(36(42)28-29-39(3)30-33-41)32-35-46-38(44)27-25-23-21-19-17-15-13-11-9-7-5-2/h41H,4-35H2,1-3H3. The Labute approximate surface area is 283 Å². The number of unbranched alkanes of at least 4 members (excludes halogenated alkanes) is 20. The quantitative estimate of drug-likeness (QED) is 0.0540. The Kier molecular flexibility index (Phi) is 33.4. The number of nitrogens with zero attached hydrogens (tertiary/aromatic N) is 2. The zero-order chi connectivity index (χ0) is 33.9. The minimum Gasteiger partial charge on any atom is -0.464 e. The number of ether oxygens (including phenoxy) is 2. The molecule has 0 aliphatic rings. The van der Waals surface area contributed by atoms with E-state index in [2.05, 4.69) is 13.8 Å². The van der Waals surface area contributed by atoms with Crippen LogP contribution in [-0.4, -0.2) is 85.8 Å². The van der Waals surface area contributed by atoms with Crippen LogP contribution >= 0.6 is 0 Å². The van der Waals surface area contributed by atoms with Crippen LogP contribution in [0.25, 0.3) is 0 Å². The largest absolute Gasteiger partial charge is 0.464 e. The number of aliphatic hydroxyl groups excluding tert-OH is 1. The molecule has 0 heterocycles. The van der Waals surface area contributed by atoms with Gasteiger partial charge in [0.05, 0.1) is 19.7 Å². The lowest BCUT2D eigenvalue weighted by molar-refractivity contribution is -0.147. The first-order valence-electron chi connectivity index (χ1n) is 19.3. The molecule has 8 nitrogen and oxygen atoms in total. The third kappa shape index (κ3) is 31.0. The van der Waals surface area contributed by atoms with Crippen LogP contribution in [0.3, 0.4) is 0 Å². The molecule has 0 aliphatic heterocycles. The zero-order valence-corrected chi connectivity index (χ0v) is 30.5. The smallest absolute Gasteiger partial charge is 0.305 e. The second-order valence-electron chi connectivity index (χ2n) is 13.2. The SMILES string of the molecule is CCCCCCCCCCCCCC(=O)OCCN(CCOC(=O)CCCCCCCCCCCCC)C(=O)CCN(C)CCO. The molecule has 0 aromatic heterocycles. The second-order valence-corrected chi connectivity index (χ2v) is 13.2. The fourth-order valence-electron chi connectivity index (χ4n) is 5.64. The van der Waals surface area contributed by atoms with Crippen LogP contribution in [0, 0.1) is 0 Å². The van der Waals surface area contributed by atoms with Crippen molar-refractivity contribution in [3.05, 3.63) is 0 Å². The molecular weight excluding hydrogens is 580 g/mol. The lowest BCUT2D eigenvalue weighted by atomic mass is 10.1. The van der Waals surface area contributed by atoms with Crippen molar-refractivity contribution in [2.75, 3.05) is 53.0 Å². The van der Waals surface area contributed by atoms with Crippen LogP contribution < -0.4 is 0 Å². The molecule has 0 fully saturated rings. The van der Waals surface area contributed by atoms with Gasteiger partial charge < -0.3 is 24.4 Å². The van der Waals surface area contributed by atoms with E-state index in [1.54, 1.807) is 4.90 Å². The van der Waals surface area contributed by atoms with Crippen LogP contribution in [0.15, 0.2) is 0 Å². The third-order valence-electron chi connectivity index (χ3n) is 8.76. The van der Waals surface area contributed by atoms with Crippen LogP contribution in [0.4, 0.5) is 0 Å². The topological polar surface area (TPSA) is 96.4 Å². The van der Waals surface area contributed by atoms with E-state index in [9.17, 15) is 14.4 Å². The molecular formula is C38H74N2O6. The zero-order valence-electron chi connectivity index (χ0n) is 30.5. The Hall–Kier alpha value is -1.67. The Morgan fingerprint density at radius 1 is 0.478 bits per heavy atom. The lowest BCUT2D eigenvalue weighted by Crippen LogP contribution is -2.39. The Morgan fingerprint density at radius 2 is 0.826 bits per heavy atom. The second kappa shape index (κ2) is 34.7. The fraction of sp³-hybridized carbons (Fsp3) is 0.921. The molecule has 1 N–H and O–H groups in total. The van der Waals surface area contributed by atoms with Gasteiger partial charge in [0.25, 0.3) is 0 Å². The molecule has 272 valence electrons. The maximum atomic E-state index is 12.9. The number of hydrogen-bond acceptors (Lipinski definition) is 7. The van der Waals surface area contributed by atoms with E-state index in [1.807, 2.05) is 11.9 Å². The van der Waals surface area contributed by atoms with Crippen LogP contribution in [0.1, 0.15) is 174 Å². The van der Waals surface area contributed by atoms with Gasteiger partial charge in [-0.05, 0) is 19.9 Å². The molecule has 0 atom stereocenters. The van der Waals surface area contributed by atoms with Crippen LogP contribution in [-0.2, 0) is 23.9 Å². The number of carbonyl (C=O) groups excluding carboxylic acids is 3. The summed E-state index contributed by atoms with van der Waals surface area (Å²) in [6.45, 7) is 6.40. The Morgan fingerprint density at radius 3 is 1.17 bits per heavy atom. The van der Waals surface area contributed by atoms with Crippen molar-refractivity contribution in [3.63, 3.8) is 0 Å². The van der Waals surface area contributed by atoms with Crippen molar-refractivity contribution in [3.8, 4) is 0 Å². The first-order chi connectivity index (χ1) is 22.4. The number of hydrogen-bond donors (Lipinski definition) is 1. The molecule has 0 saturated carbocycles. The summed E-state index contributed by atoms with van der Waals surface area (Å²) in [4.78, 5) is 41.0. The normalized spacial score (nSPS) is 11.2. The first-order valence-corrected chi connectivity index (χ1v) is 19.3. The number of amides is 1. The van der Waals surface area contributed by atoms with Crippen molar-refractivity contribution in [1.82, 2.24) is 9.80 Å². The van der Waals surface area contributed by atoms with Crippen molar-refractivity contribution in [2.24, 2.45) is 0 Å². The highest BCUT2D eigenvalue weighted by Crippen LogP contribution is 2.13. The summed E-state index contributed by atoms with van der Waals surface area (Å²) < 4.78 is 10.9. The molecule has 46 heavy (non-hydrogen) atoms. The van der Waals surface area contributed by atoms with Gasteiger partial charge in [0, 0.05) is 32.4 Å². The molecule has 0 radical (unpaired) electrons. The molecule has 0 spiro atoms. The van der Waals surface area contributed by atoms with Gasteiger partial charge in [0.1, 0.15) is 13.2 Å². The minimum absolute atomic E-state index is 0.0402. The van der Waals surface area contributed by atoms with Crippen LogP contribution in [0.5, 0.6) is 0 Å². The lowest BCUT2D eigenvalue weighted by Gasteiger charge is -2.24. The van der Waals surface area contributed by atoms with Gasteiger partial charge in [-0.2, -0.15) is 0 Å². The van der Waals surface area contributed by atoms with Crippen LogP contribution in [0.2, 0.25) is 0 Å². The predicted octanol–water partition coefficient (Wildman–Crippen LogP) is 8.62. The number of aliphatic hydroxyl groups is 1. The van der Waals surface area contributed by atoms with Crippen molar-refractivity contribution >= 4 is 17.8 Å². The van der Waals surface area contributed by atoms with E-state index in [1.165, 1.54) is 103 Å². The average Bonchev–Trinajstić information content (AvgIpc) is 3.04. The van der Waals surface area contributed by atoms with E-state index in [-0.39, 0.29) is 57.2 Å². The number of likely N-dealkylation sites (N-methyl/N-ethyl adjacent to an activating group) is 1. The van der Waals surface area contributed by atoms with E-state index >= 15 is 0 Å². The maximum absolute atomic E-state index is 12.9. The average molecular weight is 655 g/mol. The summed E-state index contributed by atoms with van der Waals surface area (Å²) in [6.07, 6.45) is 28.2. The molecule has 0 aliphatic carbocycles. The molecule has 0 bridgehead atoms. The highest BCUT2D eigenvalue weighted by atomic mass is 16.5. The van der Waals surface area contributed by atoms with Crippen molar-refractivity contribution in [2.45, 2.75) is 174 Å². The maximum Gasteiger partial charge on any atom is 0.305 e. The number of carbonyl (C=O) groups is 3. The Bertz CT molecular complexity index is 661. The van der Waals surface area contributed by atoms with E-state index in [0.717, 1.165) is 38.5 Å². The van der Waals surface area contributed by atoms with Crippen molar-refractivity contribution < 1.29 is 29.0 Å². The third-order valence-corrected chi connectivity index (χ3v) is 8.76. The van der Waals surface area contributed by atoms with Gasteiger partial charge in [0.2, 0.25) is 5.91 Å². The highest BCUT2D eigenvalue weighted by Gasteiger charge is 2.16. The van der Waals surface area contributed by atoms with Gasteiger partial charge in [-0.1, -0.05) is 142 Å². The summed E-state index contributed by atoms with van der Waals surface area (Å²) >= 11 is 0. The Balaban J connectivity index is 4.18. The van der Waals surface area contributed by atoms with Crippen molar-refractivity contribution in [1.29, 1.82) is 0 Å². The highest BCUT2D eigenvalue weighted by molar-refractivity contribution is 5.76. The summed E-state index contributed by atoms with van der Waals surface area (Å²) in [7, 11) is 1.86. The van der Waals surface area contributed by atoms with E-state index in [4.69, 9.17) is 14.6 Å². The molecule has 0 saturated heterocycles. The van der Waals surface area contributed by atoms with Gasteiger partial charge in [0.15, 0.2) is 0 Å². The molecule has 0 aromatic carbocycles. The molecule has 8 heteroatoms. The number of rotatable bonds is 35. The first kappa shape index (κ1) is 44.3. The number of esters is 2. The summed E-state index contributed by atoms with van der Waals surface area (Å²) in [5.74, 6) is -0.513. The molecule has 1 amide bonds. The van der Waals surface area contributed by atoms with Gasteiger partial charge in [-0.15, -0.1) is 0 Å². The fourth-order valence-corrected chi connectivity index (χ4v) is 5.64. The van der Waals surface area contributed by atoms with E-state index in [0.29, 0.717) is 25.9 Å². The van der Waals surface area contributed by atoms with Gasteiger partial charge >= 0.3 is 11.9 Å². The summed E-state index contributed by atoms with van der Waals surface area (Å²) in [5.41, 5.74) is 0. The monoisotopic (exact) mass is 655 g/mol. The molecule has 0 unspecified atom stereocenters. The van der Waals surface area contributed by atoms with Gasteiger partial charge in [-0.3, -0.25) is 14.4 Å². The summed E-state index contributed by atoms with van der Waals surface area (Å²) in [6, 6.07) is 0. The summed E-state index contributed by atoms with van der Waals surface area (Å²) in [5, 5.41) is 9.13. The van der Waals surface area contributed by atoms with E-state index < -0.39 is 0 Å². The molecule has 0 aromatic rings. The predicted molar refractivity (Wildman–Crippen MR) is 190 cm³/mol. The van der Waals surface area contributed by atoms with Gasteiger partial charge in [-0.25, -0.2) is 0 Å². The molecule has 0 rings (SSSR count).